The van der Waals surface area contributed by atoms with E-state index in [1.807, 2.05) is 0 Å². The van der Waals surface area contributed by atoms with Crippen LogP contribution >= 0.6 is 0 Å². The van der Waals surface area contributed by atoms with Gasteiger partial charge >= 0.3 is 0 Å². The maximum absolute atomic E-state index is 11.8. The maximum Gasteiger partial charge on any atom is 0.224 e. The van der Waals surface area contributed by atoms with Crippen molar-refractivity contribution in [1.29, 1.82) is 0 Å². The number of amides is 2. The van der Waals surface area contributed by atoms with E-state index in [0.29, 0.717) is 19.0 Å². The van der Waals surface area contributed by atoms with Gasteiger partial charge in [0.2, 0.25) is 11.8 Å². The van der Waals surface area contributed by atoms with Crippen molar-refractivity contribution in [3.8, 4) is 0 Å². The molecule has 0 aromatic heterocycles. The van der Waals surface area contributed by atoms with E-state index < -0.39 is 0 Å². The minimum absolute atomic E-state index is 0.0779. The fraction of sp³-hybridized carbons (Fsp3) is 0.833. The van der Waals surface area contributed by atoms with Crippen LogP contribution in [0.2, 0.25) is 0 Å². The average Bonchev–Trinajstić information content (AvgIpc) is 3.07. The topological polar surface area (TPSA) is 70.2 Å². The van der Waals surface area contributed by atoms with Crippen LogP contribution in [0.3, 0.4) is 0 Å². The van der Waals surface area contributed by atoms with Crippen LogP contribution in [0, 0.1) is 17.8 Å². The lowest BCUT2D eigenvalue weighted by Gasteiger charge is -2.14. The van der Waals surface area contributed by atoms with Gasteiger partial charge in [-0.05, 0) is 25.3 Å². The van der Waals surface area contributed by atoms with Gasteiger partial charge in [0, 0.05) is 25.6 Å². The van der Waals surface area contributed by atoms with Gasteiger partial charge in [0.05, 0.1) is 5.92 Å². The highest BCUT2D eigenvalue weighted by Gasteiger charge is 2.30. The molecule has 2 aliphatic rings. The molecule has 0 aromatic carbocycles. The van der Waals surface area contributed by atoms with Crippen LogP contribution < -0.4 is 16.0 Å². The highest BCUT2D eigenvalue weighted by atomic mass is 16.2. The predicted octanol–water partition coefficient (Wildman–Crippen LogP) is -0.516. The summed E-state index contributed by atoms with van der Waals surface area (Å²) >= 11 is 0. The summed E-state index contributed by atoms with van der Waals surface area (Å²) in [6.45, 7) is 4.83. The molecule has 17 heavy (non-hydrogen) atoms. The molecule has 5 nitrogen and oxygen atoms in total. The number of carbonyl (C=O) groups is 2. The van der Waals surface area contributed by atoms with Crippen molar-refractivity contribution in [3.63, 3.8) is 0 Å². The fourth-order valence-corrected chi connectivity index (χ4v) is 2.15. The van der Waals surface area contributed by atoms with Crippen molar-refractivity contribution in [1.82, 2.24) is 16.0 Å². The summed E-state index contributed by atoms with van der Waals surface area (Å²) in [5, 5.41) is 8.91. The van der Waals surface area contributed by atoms with Gasteiger partial charge in [-0.2, -0.15) is 0 Å². The molecule has 0 aromatic rings. The largest absolute Gasteiger partial charge is 0.354 e. The van der Waals surface area contributed by atoms with Crippen LogP contribution in [0.15, 0.2) is 0 Å². The first-order valence-electron chi connectivity index (χ1n) is 6.44. The number of hydrogen-bond donors (Lipinski definition) is 3. The Morgan fingerprint density at radius 1 is 1.12 bits per heavy atom. The van der Waals surface area contributed by atoms with Crippen molar-refractivity contribution in [2.45, 2.75) is 19.8 Å². The molecule has 2 atom stereocenters. The molecule has 5 heteroatoms. The molecule has 0 spiro atoms. The van der Waals surface area contributed by atoms with E-state index in [1.54, 1.807) is 0 Å². The normalized spacial score (nSPS) is 27.8. The summed E-state index contributed by atoms with van der Waals surface area (Å²) in [5.41, 5.74) is 0. The Balaban J connectivity index is 1.58. The van der Waals surface area contributed by atoms with E-state index in [1.165, 1.54) is 0 Å². The van der Waals surface area contributed by atoms with Crippen LogP contribution in [0.1, 0.15) is 19.8 Å². The third kappa shape index (κ3) is 3.43. The second-order valence-corrected chi connectivity index (χ2v) is 5.10. The van der Waals surface area contributed by atoms with Gasteiger partial charge in [0.1, 0.15) is 0 Å². The first kappa shape index (κ1) is 12.4. The van der Waals surface area contributed by atoms with Gasteiger partial charge in [-0.15, -0.1) is 0 Å². The van der Waals surface area contributed by atoms with E-state index in [9.17, 15) is 9.59 Å². The molecule has 2 fully saturated rings. The highest BCUT2D eigenvalue weighted by molar-refractivity contribution is 5.81. The number of nitrogens with one attached hydrogen (secondary N) is 3. The number of carbonyl (C=O) groups excluding carboxylic acids is 2. The van der Waals surface area contributed by atoms with Crippen molar-refractivity contribution in [3.05, 3.63) is 0 Å². The van der Waals surface area contributed by atoms with E-state index in [-0.39, 0.29) is 23.7 Å². The SMILES string of the molecule is C[C@@H]1CNC[C@H]1C(=O)NCCNC(=O)C1CC1. The van der Waals surface area contributed by atoms with Gasteiger partial charge in [0.25, 0.3) is 0 Å². The van der Waals surface area contributed by atoms with E-state index in [0.717, 1.165) is 25.9 Å². The number of hydrogen-bond acceptors (Lipinski definition) is 3. The molecule has 1 saturated carbocycles. The number of rotatable bonds is 5. The molecular formula is C12H21N3O2. The fourth-order valence-electron chi connectivity index (χ4n) is 2.15. The summed E-state index contributed by atoms with van der Waals surface area (Å²) in [5.74, 6) is 0.952. The smallest absolute Gasteiger partial charge is 0.224 e. The lowest BCUT2D eigenvalue weighted by atomic mass is 9.97. The molecule has 0 bridgehead atoms. The summed E-state index contributed by atoms with van der Waals surface area (Å²) < 4.78 is 0. The Bertz CT molecular complexity index is 302. The molecule has 2 rings (SSSR count). The quantitative estimate of drug-likeness (QED) is 0.566. The average molecular weight is 239 g/mol. The molecule has 1 aliphatic carbocycles. The first-order valence-corrected chi connectivity index (χ1v) is 6.44. The Kier molecular flexibility index (Phi) is 3.99. The second kappa shape index (κ2) is 5.49. The molecule has 3 N–H and O–H groups in total. The summed E-state index contributed by atoms with van der Waals surface area (Å²) in [4.78, 5) is 23.1. The van der Waals surface area contributed by atoms with Crippen molar-refractivity contribution in [2.75, 3.05) is 26.2 Å². The van der Waals surface area contributed by atoms with Gasteiger partial charge < -0.3 is 16.0 Å². The van der Waals surface area contributed by atoms with Crippen LogP contribution in [-0.2, 0) is 9.59 Å². The zero-order valence-electron chi connectivity index (χ0n) is 10.3. The third-order valence-corrected chi connectivity index (χ3v) is 3.53. The zero-order chi connectivity index (χ0) is 12.3. The minimum Gasteiger partial charge on any atom is -0.354 e. The third-order valence-electron chi connectivity index (χ3n) is 3.53. The standard InChI is InChI=1S/C12H21N3O2/c1-8-6-13-7-10(8)12(17)15-5-4-14-11(16)9-2-3-9/h8-10,13H,2-7H2,1H3,(H,14,16)(H,15,17)/t8-,10-/m1/s1. The van der Waals surface area contributed by atoms with Crippen LogP contribution in [0.25, 0.3) is 0 Å². The molecule has 2 amide bonds. The van der Waals surface area contributed by atoms with Crippen LogP contribution in [-0.4, -0.2) is 38.0 Å². The maximum atomic E-state index is 11.8. The summed E-state index contributed by atoms with van der Waals surface area (Å²) in [7, 11) is 0. The van der Waals surface area contributed by atoms with E-state index >= 15 is 0 Å². The van der Waals surface area contributed by atoms with Gasteiger partial charge in [-0.3, -0.25) is 9.59 Å². The molecule has 1 saturated heterocycles. The molecule has 1 heterocycles. The first-order chi connectivity index (χ1) is 8.18. The zero-order valence-corrected chi connectivity index (χ0v) is 10.3. The van der Waals surface area contributed by atoms with Crippen molar-refractivity contribution >= 4 is 11.8 Å². The summed E-state index contributed by atoms with van der Waals surface area (Å²) in [6, 6.07) is 0. The lowest BCUT2D eigenvalue weighted by molar-refractivity contribution is -0.126. The Labute approximate surface area is 102 Å². The van der Waals surface area contributed by atoms with Crippen LogP contribution in [0.4, 0.5) is 0 Å². The lowest BCUT2D eigenvalue weighted by Crippen LogP contribution is -2.39. The highest BCUT2D eigenvalue weighted by Crippen LogP contribution is 2.28. The Morgan fingerprint density at radius 3 is 2.29 bits per heavy atom. The van der Waals surface area contributed by atoms with Crippen molar-refractivity contribution in [2.24, 2.45) is 17.8 Å². The molecule has 0 radical (unpaired) electrons. The molecule has 1 aliphatic heterocycles. The molecule has 96 valence electrons. The summed E-state index contributed by atoms with van der Waals surface area (Å²) in [6.07, 6.45) is 2.03. The molecular weight excluding hydrogens is 218 g/mol. The Morgan fingerprint density at radius 2 is 1.76 bits per heavy atom. The molecule has 0 unspecified atom stereocenters. The van der Waals surface area contributed by atoms with Gasteiger partial charge in [-0.25, -0.2) is 0 Å². The predicted molar refractivity (Wildman–Crippen MR) is 64.3 cm³/mol. The van der Waals surface area contributed by atoms with Gasteiger partial charge in [0.15, 0.2) is 0 Å². The minimum atomic E-state index is 0.0779. The van der Waals surface area contributed by atoms with Crippen molar-refractivity contribution < 1.29 is 9.59 Å². The second-order valence-electron chi connectivity index (χ2n) is 5.10. The van der Waals surface area contributed by atoms with Gasteiger partial charge in [-0.1, -0.05) is 6.92 Å². The monoisotopic (exact) mass is 239 g/mol. The van der Waals surface area contributed by atoms with E-state index in [4.69, 9.17) is 0 Å². The van der Waals surface area contributed by atoms with Crippen LogP contribution in [0.5, 0.6) is 0 Å². The Hall–Kier alpha value is -1.10. The van der Waals surface area contributed by atoms with E-state index in [2.05, 4.69) is 22.9 Å².